The molecule has 0 fully saturated rings. The summed E-state index contributed by atoms with van der Waals surface area (Å²) in [4.78, 5) is 0. The van der Waals surface area contributed by atoms with Crippen LogP contribution in [-0.4, -0.2) is 0 Å². The summed E-state index contributed by atoms with van der Waals surface area (Å²) in [6.45, 7) is 6.65. The Hall–Kier alpha value is -1.27. The molecule has 1 heteroatoms. The van der Waals surface area contributed by atoms with E-state index in [0.29, 0.717) is 0 Å². The Morgan fingerprint density at radius 1 is 1.00 bits per heavy atom. The first-order chi connectivity index (χ1) is 7.97. The molecule has 0 nitrogen and oxygen atoms in total. The third-order valence-corrected chi connectivity index (χ3v) is 3.06. The van der Waals surface area contributed by atoms with Gasteiger partial charge in [0.2, 0.25) is 0 Å². The zero-order chi connectivity index (χ0) is 12.5. The number of hydrogen-bond donors (Lipinski definition) is 0. The summed E-state index contributed by atoms with van der Waals surface area (Å²) in [5, 5.41) is 0.749. The van der Waals surface area contributed by atoms with Crippen LogP contribution in [0.5, 0.6) is 0 Å². The maximum atomic E-state index is 5.98. The van der Waals surface area contributed by atoms with Gasteiger partial charge in [0.25, 0.3) is 0 Å². The molecule has 2 aromatic rings. The van der Waals surface area contributed by atoms with Crippen molar-refractivity contribution in [1.29, 1.82) is 0 Å². The third-order valence-electron chi connectivity index (χ3n) is 2.83. The molecule has 0 saturated heterocycles. The van der Waals surface area contributed by atoms with Gasteiger partial charge in [0, 0.05) is 5.02 Å². The first kappa shape index (κ1) is 12.2. The third kappa shape index (κ3) is 2.89. The topological polar surface area (TPSA) is 0 Å². The summed E-state index contributed by atoms with van der Waals surface area (Å²) in [6, 6.07) is 17.4. The van der Waals surface area contributed by atoms with E-state index in [2.05, 4.69) is 51.1 Å². The van der Waals surface area contributed by atoms with Crippen LogP contribution < -0.4 is 0 Å². The van der Waals surface area contributed by atoms with Crippen molar-refractivity contribution in [2.24, 2.45) is 0 Å². The van der Waals surface area contributed by atoms with E-state index in [9.17, 15) is 0 Å². The van der Waals surface area contributed by atoms with E-state index in [1.165, 1.54) is 5.56 Å². The van der Waals surface area contributed by atoms with Crippen LogP contribution in [0.3, 0.4) is 0 Å². The van der Waals surface area contributed by atoms with Gasteiger partial charge in [-0.2, -0.15) is 0 Å². The van der Waals surface area contributed by atoms with Crippen molar-refractivity contribution in [3.05, 3.63) is 59.1 Å². The standard InChI is InChI=1S/C16H16Cl/c1-16(2,3)14-9-7-12(8-10-14)13-5-4-6-15(17)11-13/h4,6-11H,1-3H3. The van der Waals surface area contributed by atoms with Gasteiger partial charge in [0.1, 0.15) is 0 Å². The van der Waals surface area contributed by atoms with Crippen LogP contribution in [-0.2, 0) is 5.41 Å². The van der Waals surface area contributed by atoms with Crippen LogP contribution in [0.25, 0.3) is 11.1 Å². The molecule has 0 bridgehead atoms. The van der Waals surface area contributed by atoms with E-state index in [0.717, 1.165) is 16.1 Å². The molecule has 0 atom stereocenters. The van der Waals surface area contributed by atoms with Crippen molar-refractivity contribution in [1.82, 2.24) is 0 Å². The lowest BCUT2D eigenvalue weighted by Crippen LogP contribution is -2.10. The fraction of sp³-hybridized carbons (Fsp3) is 0.250. The van der Waals surface area contributed by atoms with Crippen molar-refractivity contribution in [2.75, 3.05) is 0 Å². The zero-order valence-corrected chi connectivity index (χ0v) is 11.2. The molecule has 0 aliphatic carbocycles. The smallest absolute Gasteiger partial charge is 0.0412 e. The highest BCUT2D eigenvalue weighted by atomic mass is 35.5. The van der Waals surface area contributed by atoms with E-state index in [-0.39, 0.29) is 5.41 Å². The highest BCUT2D eigenvalue weighted by Gasteiger charge is 2.12. The molecule has 0 spiro atoms. The number of hydrogen-bond acceptors (Lipinski definition) is 0. The lowest BCUT2D eigenvalue weighted by molar-refractivity contribution is 0.590. The van der Waals surface area contributed by atoms with Gasteiger partial charge in [-0.05, 0) is 40.3 Å². The second-order valence-corrected chi connectivity index (χ2v) is 5.68. The van der Waals surface area contributed by atoms with Crippen molar-refractivity contribution in [2.45, 2.75) is 26.2 Å². The Labute approximate surface area is 108 Å². The van der Waals surface area contributed by atoms with Gasteiger partial charge >= 0.3 is 0 Å². The summed E-state index contributed by atoms with van der Waals surface area (Å²) >= 11 is 5.98. The Balaban J connectivity index is 2.36. The summed E-state index contributed by atoms with van der Waals surface area (Å²) in [5.41, 5.74) is 3.72. The van der Waals surface area contributed by atoms with Gasteiger partial charge in [0.15, 0.2) is 0 Å². The normalized spacial score (nSPS) is 11.5. The van der Waals surface area contributed by atoms with E-state index in [1.54, 1.807) is 0 Å². The summed E-state index contributed by atoms with van der Waals surface area (Å²) in [5.74, 6) is 0. The second-order valence-electron chi connectivity index (χ2n) is 5.25. The first-order valence-corrected chi connectivity index (χ1v) is 6.13. The zero-order valence-electron chi connectivity index (χ0n) is 10.4. The SMILES string of the molecule is CC(C)(C)c1ccc(-c2[c]ccc(Cl)c2)cc1. The van der Waals surface area contributed by atoms with Crippen LogP contribution in [0.1, 0.15) is 26.3 Å². The van der Waals surface area contributed by atoms with Crippen molar-refractivity contribution in [3.8, 4) is 11.1 Å². The number of rotatable bonds is 1. The molecule has 2 rings (SSSR count). The monoisotopic (exact) mass is 243 g/mol. The summed E-state index contributed by atoms with van der Waals surface area (Å²) in [6.07, 6.45) is 0. The van der Waals surface area contributed by atoms with E-state index in [4.69, 9.17) is 11.6 Å². The first-order valence-electron chi connectivity index (χ1n) is 5.75. The molecule has 1 radical (unpaired) electrons. The molecule has 2 aromatic carbocycles. The molecular weight excluding hydrogens is 228 g/mol. The highest BCUT2D eigenvalue weighted by molar-refractivity contribution is 6.30. The van der Waals surface area contributed by atoms with Crippen LogP contribution >= 0.6 is 11.6 Å². The fourth-order valence-corrected chi connectivity index (χ4v) is 1.93. The molecule has 0 aliphatic heterocycles. The van der Waals surface area contributed by atoms with Crippen LogP contribution in [0.2, 0.25) is 5.02 Å². The van der Waals surface area contributed by atoms with E-state index in [1.807, 2.05) is 18.2 Å². The predicted octanol–water partition coefficient (Wildman–Crippen LogP) is 5.10. The quantitative estimate of drug-likeness (QED) is 0.653. The molecule has 87 valence electrons. The minimum absolute atomic E-state index is 0.191. The maximum absolute atomic E-state index is 5.98. The Bertz CT molecular complexity index is 504. The fourth-order valence-electron chi connectivity index (χ4n) is 1.76. The number of benzene rings is 2. The van der Waals surface area contributed by atoms with Crippen molar-refractivity contribution in [3.63, 3.8) is 0 Å². The van der Waals surface area contributed by atoms with Gasteiger partial charge in [-0.3, -0.25) is 0 Å². The van der Waals surface area contributed by atoms with Crippen molar-refractivity contribution < 1.29 is 0 Å². The Morgan fingerprint density at radius 3 is 2.18 bits per heavy atom. The molecule has 0 heterocycles. The Kier molecular flexibility index (Phi) is 3.26. The molecule has 0 unspecified atom stereocenters. The maximum Gasteiger partial charge on any atom is 0.0412 e. The van der Waals surface area contributed by atoms with Crippen molar-refractivity contribution >= 4 is 11.6 Å². The van der Waals surface area contributed by atoms with E-state index >= 15 is 0 Å². The minimum Gasteiger partial charge on any atom is -0.0843 e. The molecule has 0 amide bonds. The van der Waals surface area contributed by atoms with Crippen LogP contribution in [0.4, 0.5) is 0 Å². The lowest BCUT2D eigenvalue weighted by atomic mass is 9.86. The minimum atomic E-state index is 0.191. The van der Waals surface area contributed by atoms with Gasteiger partial charge in [-0.15, -0.1) is 0 Å². The molecule has 0 aliphatic rings. The molecule has 0 aromatic heterocycles. The summed E-state index contributed by atoms with van der Waals surface area (Å²) in [7, 11) is 0. The number of halogens is 1. The second kappa shape index (κ2) is 4.54. The average molecular weight is 244 g/mol. The van der Waals surface area contributed by atoms with Crippen LogP contribution in [0, 0.1) is 6.07 Å². The molecular formula is C16H16Cl. The average Bonchev–Trinajstić information content (AvgIpc) is 2.28. The molecule has 0 N–H and O–H groups in total. The van der Waals surface area contributed by atoms with Gasteiger partial charge < -0.3 is 0 Å². The molecule has 17 heavy (non-hydrogen) atoms. The predicted molar refractivity (Wildman–Crippen MR) is 74.4 cm³/mol. The van der Waals surface area contributed by atoms with Gasteiger partial charge in [-0.25, -0.2) is 0 Å². The van der Waals surface area contributed by atoms with Crippen LogP contribution in [0.15, 0.2) is 42.5 Å². The molecule has 0 saturated carbocycles. The summed E-state index contributed by atoms with van der Waals surface area (Å²) < 4.78 is 0. The Morgan fingerprint density at radius 2 is 1.65 bits per heavy atom. The van der Waals surface area contributed by atoms with E-state index < -0.39 is 0 Å². The van der Waals surface area contributed by atoms with Gasteiger partial charge in [-0.1, -0.05) is 62.7 Å². The largest absolute Gasteiger partial charge is 0.0843 e. The van der Waals surface area contributed by atoms with Gasteiger partial charge in [0.05, 0.1) is 0 Å². The highest BCUT2D eigenvalue weighted by Crippen LogP contribution is 2.26. The lowest BCUT2D eigenvalue weighted by Gasteiger charge is -2.19.